The Kier molecular flexibility index (Phi) is 7.89. The van der Waals surface area contributed by atoms with Crippen LogP contribution < -0.4 is 16.4 Å². The number of carboxylic acid groups (broad SMARTS) is 2. The minimum atomic E-state index is -1.18. The number of aliphatic carboxylic acids is 2. The van der Waals surface area contributed by atoms with Gasteiger partial charge in [0.1, 0.15) is 24.2 Å². The number of ether oxygens (including phenoxy) is 1. The van der Waals surface area contributed by atoms with Gasteiger partial charge in [0.25, 0.3) is 0 Å². The number of carbonyl (C=O) groups is 3. The van der Waals surface area contributed by atoms with Gasteiger partial charge in [0.2, 0.25) is 0 Å². The molecule has 23 heavy (non-hydrogen) atoms. The summed E-state index contributed by atoms with van der Waals surface area (Å²) < 4.78 is 5.22. The smallest absolute Gasteiger partial charge is 0.324 e. The number of rotatable bonds is 5. The van der Waals surface area contributed by atoms with E-state index in [9.17, 15) is 14.4 Å². The molecule has 0 bridgehead atoms. The molecule has 0 amide bonds. The second kappa shape index (κ2) is 9.40. The van der Waals surface area contributed by atoms with E-state index in [0.717, 1.165) is 19.4 Å². The summed E-state index contributed by atoms with van der Waals surface area (Å²) in [6.45, 7) is 0.896. The van der Waals surface area contributed by atoms with Gasteiger partial charge in [0, 0.05) is 0 Å². The third kappa shape index (κ3) is 6.10. The standard InChI is InChI=1S/C10H16N2O4.C3H7NO3/c13-9(14)8-7(3-5-12-8)16-10(15)6-2-1-4-11-6;4-2(1-5)3(6)7/h6-8,11-12H,1-5H2,(H,13,14);2,5H,1,4H2,(H,6,7)/t6-,7?,8-;2-/m00/s1. The van der Waals surface area contributed by atoms with E-state index < -0.39 is 36.7 Å². The molecule has 0 radical (unpaired) electrons. The van der Waals surface area contributed by atoms with Gasteiger partial charge in [0.05, 0.1) is 6.61 Å². The fraction of sp³-hybridized carbons (Fsp3) is 0.769. The lowest BCUT2D eigenvalue weighted by Crippen LogP contribution is -2.43. The molecule has 2 aliphatic heterocycles. The molecular weight excluding hydrogens is 310 g/mol. The fourth-order valence-corrected chi connectivity index (χ4v) is 2.25. The molecular formula is C13H23N3O7. The van der Waals surface area contributed by atoms with E-state index in [1.165, 1.54) is 0 Å². The Morgan fingerprint density at radius 3 is 2.30 bits per heavy atom. The van der Waals surface area contributed by atoms with Crippen LogP contribution in [0.3, 0.4) is 0 Å². The first-order chi connectivity index (χ1) is 10.9. The van der Waals surface area contributed by atoms with Crippen molar-refractivity contribution >= 4 is 17.9 Å². The van der Waals surface area contributed by atoms with Gasteiger partial charge in [-0.05, 0) is 32.4 Å². The summed E-state index contributed by atoms with van der Waals surface area (Å²) in [6, 6.07) is -2.14. The third-order valence-electron chi connectivity index (χ3n) is 3.56. The normalized spacial score (nSPS) is 27.7. The zero-order valence-corrected chi connectivity index (χ0v) is 12.6. The highest BCUT2D eigenvalue weighted by Crippen LogP contribution is 2.15. The maximum Gasteiger partial charge on any atom is 0.324 e. The van der Waals surface area contributed by atoms with E-state index >= 15 is 0 Å². The predicted octanol–water partition coefficient (Wildman–Crippen LogP) is -2.51. The first kappa shape index (κ1) is 19.3. The third-order valence-corrected chi connectivity index (χ3v) is 3.56. The van der Waals surface area contributed by atoms with Gasteiger partial charge >= 0.3 is 17.9 Å². The average molecular weight is 333 g/mol. The Morgan fingerprint density at radius 1 is 1.17 bits per heavy atom. The molecule has 0 aromatic heterocycles. The lowest BCUT2D eigenvalue weighted by molar-refractivity contribution is -0.155. The Labute approximate surface area is 133 Å². The Morgan fingerprint density at radius 2 is 1.87 bits per heavy atom. The molecule has 7 N–H and O–H groups in total. The maximum atomic E-state index is 11.7. The zero-order chi connectivity index (χ0) is 17.4. The molecule has 2 heterocycles. The van der Waals surface area contributed by atoms with Crippen LogP contribution in [-0.4, -0.2) is 77.2 Å². The van der Waals surface area contributed by atoms with Gasteiger partial charge in [-0.25, -0.2) is 0 Å². The van der Waals surface area contributed by atoms with Crippen molar-refractivity contribution in [3.8, 4) is 0 Å². The lowest BCUT2D eigenvalue weighted by atomic mass is 10.1. The van der Waals surface area contributed by atoms with Crippen LogP contribution in [0.25, 0.3) is 0 Å². The molecule has 1 unspecified atom stereocenters. The first-order valence-electron chi connectivity index (χ1n) is 7.36. The van der Waals surface area contributed by atoms with Crippen LogP contribution in [0.15, 0.2) is 0 Å². The average Bonchev–Trinajstić information content (AvgIpc) is 3.17. The molecule has 0 saturated carbocycles. The summed E-state index contributed by atoms with van der Waals surface area (Å²) in [7, 11) is 0. The molecule has 0 aromatic carbocycles. The molecule has 0 aromatic rings. The van der Waals surface area contributed by atoms with E-state index in [-0.39, 0.29) is 12.0 Å². The molecule has 2 saturated heterocycles. The minimum absolute atomic E-state index is 0.255. The summed E-state index contributed by atoms with van der Waals surface area (Å²) in [6.07, 6.45) is 1.77. The van der Waals surface area contributed by atoms with E-state index in [0.29, 0.717) is 13.0 Å². The number of carbonyl (C=O) groups excluding carboxylic acids is 1. The largest absolute Gasteiger partial charge is 0.480 e. The number of hydrogen-bond donors (Lipinski definition) is 6. The Bertz CT molecular complexity index is 426. The highest BCUT2D eigenvalue weighted by atomic mass is 16.5. The quantitative estimate of drug-likeness (QED) is 0.295. The molecule has 10 nitrogen and oxygen atoms in total. The van der Waals surface area contributed by atoms with Crippen molar-refractivity contribution in [1.29, 1.82) is 0 Å². The summed E-state index contributed by atoms with van der Waals surface area (Å²) in [5, 5.41) is 30.6. The summed E-state index contributed by atoms with van der Waals surface area (Å²) in [4.78, 5) is 32.2. The van der Waals surface area contributed by atoms with E-state index in [1.54, 1.807) is 0 Å². The van der Waals surface area contributed by atoms with Gasteiger partial charge < -0.3 is 36.4 Å². The summed E-state index contributed by atoms with van der Waals surface area (Å²) in [5.41, 5.74) is 4.77. The Hall–Kier alpha value is -1.75. The van der Waals surface area contributed by atoms with Crippen molar-refractivity contribution in [2.24, 2.45) is 5.73 Å². The first-order valence-corrected chi connectivity index (χ1v) is 7.36. The molecule has 2 fully saturated rings. The van der Waals surface area contributed by atoms with Gasteiger partial charge in [0.15, 0.2) is 0 Å². The van der Waals surface area contributed by atoms with Crippen LogP contribution in [-0.2, 0) is 19.1 Å². The van der Waals surface area contributed by atoms with Crippen molar-refractivity contribution in [3.63, 3.8) is 0 Å². The van der Waals surface area contributed by atoms with E-state index in [4.69, 9.17) is 25.8 Å². The van der Waals surface area contributed by atoms with Crippen LogP contribution in [0.4, 0.5) is 0 Å². The number of nitrogens with two attached hydrogens (primary N) is 1. The summed E-state index contributed by atoms with van der Waals surface area (Å²) >= 11 is 0. The minimum Gasteiger partial charge on any atom is -0.480 e. The fourth-order valence-electron chi connectivity index (χ4n) is 2.25. The van der Waals surface area contributed by atoms with Crippen LogP contribution in [0.2, 0.25) is 0 Å². The number of aliphatic hydroxyl groups excluding tert-OH is 1. The van der Waals surface area contributed by atoms with Crippen molar-refractivity contribution in [2.45, 2.75) is 43.5 Å². The number of aliphatic hydroxyl groups is 1. The molecule has 132 valence electrons. The number of carboxylic acids is 2. The van der Waals surface area contributed by atoms with Crippen molar-refractivity contribution in [3.05, 3.63) is 0 Å². The maximum absolute atomic E-state index is 11.7. The molecule has 2 rings (SSSR count). The van der Waals surface area contributed by atoms with E-state index in [1.807, 2.05) is 0 Å². The van der Waals surface area contributed by atoms with Crippen molar-refractivity contribution < 1.29 is 34.4 Å². The van der Waals surface area contributed by atoms with Gasteiger partial charge in [-0.3, -0.25) is 14.4 Å². The molecule has 0 aliphatic carbocycles. The molecule has 0 spiro atoms. The van der Waals surface area contributed by atoms with Gasteiger partial charge in [-0.2, -0.15) is 0 Å². The molecule has 2 aliphatic rings. The Balaban J connectivity index is 0.000000322. The van der Waals surface area contributed by atoms with Crippen LogP contribution in [0.5, 0.6) is 0 Å². The second-order valence-corrected chi connectivity index (χ2v) is 5.31. The monoisotopic (exact) mass is 333 g/mol. The zero-order valence-electron chi connectivity index (χ0n) is 12.6. The van der Waals surface area contributed by atoms with Crippen LogP contribution in [0.1, 0.15) is 19.3 Å². The highest BCUT2D eigenvalue weighted by molar-refractivity contribution is 5.78. The van der Waals surface area contributed by atoms with Gasteiger partial charge in [-0.1, -0.05) is 0 Å². The molecule has 10 heteroatoms. The topological polar surface area (TPSA) is 171 Å². The second-order valence-electron chi connectivity index (χ2n) is 5.31. The number of hydrogen-bond acceptors (Lipinski definition) is 8. The number of esters is 1. The SMILES string of the molecule is N[C@@H](CO)C(=O)O.O=C(OC1CCN[C@@H]1C(=O)O)[C@@H]1CCCN1. The predicted molar refractivity (Wildman–Crippen MR) is 77.6 cm³/mol. The summed E-state index contributed by atoms with van der Waals surface area (Å²) in [5.74, 6) is -2.46. The van der Waals surface area contributed by atoms with Crippen LogP contribution in [0, 0.1) is 0 Å². The highest BCUT2D eigenvalue weighted by Gasteiger charge is 2.37. The molecule has 4 atom stereocenters. The number of nitrogens with one attached hydrogen (secondary N) is 2. The van der Waals surface area contributed by atoms with Crippen molar-refractivity contribution in [2.75, 3.05) is 19.7 Å². The van der Waals surface area contributed by atoms with E-state index in [2.05, 4.69) is 10.6 Å². The van der Waals surface area contributed by atoms with Gasteiger partial charge in [-0.15, -0.1) is 0 Å². The lowest BCUT2D eigenvalue weighted by Gasteiger charge is -2.18. The van der Waals surface area contributed by atoms with Crippen molar-refractivity contribution in [1.82, 2.24) is 10.6 Å². The van der Waals surface area contributed by atoms with Crippen LogP contribution >= 0.6 is 0 Å².